The molecule has 0 aromatic carbocycles. The van der Waals surface area contributed by atoms with Crippen LogP contribution in [0.4, 0.5) is 0 Å². The van der Waals surface area contributed by atoms with Gasteiger partial charge in [0.2, 0.25) is 0 Å². The van der Waals surface area contributed by atoms with Crippen LogP contribution in [-0.2, 0) is 9.63 Å². The van der Waals surface area contributed by atoms with Crippen LogP contribution in [0.5, 0.6) is 0 Å². The van der Waals surface area contributed by atoms with Crippen molar-refractivity contribution in [1.29, 1.82) is 0 Å². The van der Waals surface area contributed by atoms with Crippen LogP contribution in [0, 0.1) is 4.91 Å². The fourth-order valence-corrected chi connectivity index (χ4v) is 3.33. The van der Waals surface area contributed by atoms with E-state index >= 15 is 0 Å². The Morgan fingerprint density at radius 1 is 0.774 bits per heavy atom. The van der Waals surface area contributed by atoms with E-state index in [0.717, 1.165) is 25.7 Å². The smallest absolute Gasteiger partial charge is 0.303 e. The van der Waals surface area contributed by atoms with Crippen LogP contribution in [0.15, 0.2) is 17.5 Å². The maximum Gasteiger partial charge on any atom is 0.303 e. The number of hydrogen-bond acceptors (Lipinski definition) is 4. The Labute approximate surface area is 192 Å². The summed E-state index contributed by atoms with van der Waals surface area (Å²) in [6.07, 6.45) is 27.0. The summed E-state index contributed by atoms with van der Waals surface area (Å²) >= 11 is 0. The summed E-state index contributed by atoms with van der Waals surface area (Å²) in [5.41, 5.74) is 0. The predicted octanol–water partition coefficient (Wildman–Crippen LogP) is 9.15. The van der Waals surface area contributed by atoms with E-state index < -0.39 is 5.97 Å². The highest BCUT2D eigenvalue weighted by atomic mass is 16.7. The predicted molar refractivity (Wildman–Crippen MR) is 132 cm³/mol. The Kier molecular flexibility index (Phi) is 29.3. The second kappa shape index (κ2) is 28.6. The third kappa shape index (κ3) is 33.4. The van der Waals surface area contributed by atoms with Crippen molar-refractivity contribution in [3.05, 3.63) is 17.1 Å². The van der Waals surface area contributed by atoms with Crippen molar-refractivity contribution >= 4 is 5.97 Å². The quantitative estimate of drug-likeness (QED) is 0.0786. The van der Waals surface area contributed by atoms with E-state index in [1.54, 1.807) is 0 Å². The van der Waals surface area contributed by atoms with Gasteiger partial charge in [-0.1, -0.05) is 96.6 Å². The van der Waals surface area contributed by atoms with Crippen LogP contribution in [0.3, 0.4) is 0 Å². The van der Waals surface area contributed by atoms with Gasteiger partial charge in [0.1, 0.15) is 6.10 Å². The lowest BCUT2D eigenvalue weighted by atomic mass is 10.1. The number of carboxylic acids is 1. The highest BCUT2D eigenvalue weighted by Crippen LogP contribution is 2.10. The molecule has 31 heavy (non-hydrogen) atoms. The molecule has 0 bridgehead atoms. The van der Waals surface area contributed by atoms with Crippen molar-refractivity contribution < 1.29 is 14.7 Å². The zero-order valence-electron chi connectivity index (χ0n) is 20.8. The Morgan fingerprint density at radius 3 is 1.71 bits per heavy atom. The standard InChI is InChI=1S/C18H34O2.C8H17NO2/c1-2-3-4-5-6-7-8-9-10-11-12-13-14-15-16-17-18(19)20;1-3-4-5-6-7-8(2)11-9-10/h9-10H,2-8,11-17H2,1H3,(H,19,20);8H,3-7H2,1-2H3/b10-9-;. The monoisotopic (exact) mass is 441 g/mol. The molecule has 0 aliphatic carbocycles. The van der Waals surface area contributed by atoms with E-state index in [2.05, 4.69) is 36.2 Å². The summed E-state index contributed by atoms with van der Waals surface area (Å²) in [4.78, 5) is 24.4. The van der Waals surface area contributed by atoms with Crippen molar-refractivity contribution in [2.24, 2.45) is 5.34 Å². The van der Waals surface area contributed by atoms with E-state index in [0.29, 0.717) is 6.42 Å². The van der Waals surface area contributed by atoms with Crippen molar-refractivity contribution in [1.82, 2.24) is 0 Å². The molecular weight excluding hydrogens is 390 g/mol. The van der Waals surface area contributed by atoms with E-state index in [4.69, 9.17) is 5.11 Å². The number of aliphatic carboxylic acids is 1. The first-order valence-corrected chi connectivity index (χ1v) is 12.9. The van der Waals surface area contributed by atoms with Crippen molar-refractivity contribution in [2.45, 2.75) is 149 Å². The number of unbranched alkanes of at least 4 members (excludes halogenated alkanes) is 14. The molecule has 1 atom stereocenters. The maximum absolute atomic E-state index is 10.3. The number of hydrogen-bond donors (Lipinski definition) is 1. The van der Waals surface area contributed by atoms with Crippen LogP contribution < -0.4 is 0 Å². The minimum absolute atomic E-state index is 0.00986. The molecular formula is C26H51NO4. The van der Waals surface area contributed by atoms with Gasteiger partial charge in [0.15, 0.2) is 5.34 Å². The van der Waals surface area contributed by atoms with Gasteiger partial charge in [0, 0.05) is 6.42 Å². The van der Waals surface area contributed by atoms with Crippen LogP contribution in [0.25, 0.3) is 0 Å². The average Bonchev–Trinajstić information content (AvgIpc) is 2.74. The van der Waals surface area contributed by atoms with Gasteiger partial charge < -0.3 is 9.94 Å². The molecule has 0 radical (unpaired) electrons. The Morgan fingerprint density at radius 2 is 1.23 bits per heavy atom. The summed E-state index contributed by atoms with van der Waals surface area (Å²) in [5, 5.41) is 10.9. The average molecular weight is 442 g/mol. The molecule has 1 N–H and O–H groups in total. The third-order valence-electron chi connectivity index (χ3n) is 5.34. The van der Waals surface area contributed by atoms with Crippen molar-refractivity contribution in [2.75, 3.05) is 0 Å². The molecule has 0 aromatic heterocycles. The summed E-state index contributed by atoms with van der Waals surface area (Å²) in [7, 11) is 0. The highest BCUT2D eigenvalue weighted by Gasteiger charge is 2.01. The van der Waals surface area contributed by atoms with E-state index in [1.165, 1.54) is 89.9 Å². The molecule has 0 spiro atoms. The number of rotatable bonds is 22. The Balaban J connectivity index is 0. The molecule has 5 nitrogen and oxygen atoms in total. The first kappa shape index (κ1) is 31.8. The minimum Gasteiger partial charge on any atom is -0.481 e. The summed E-state index contributed by atoms with van der Waals surface area (Å²) < 4.78 is 0. The first-order chi connectivity index (χ1) is 15.1. The Bertz CT molecular complexity index is 399. The molecule has 0 amide bonds. The lowest BCUT2D eigenvalue weighted by molar-refractivity contribution is -0.137. The van der Waals surface area contributed by atoms with Gasteiger partial charge in [-0.2, -0.15) is 0 Å². The van der Waals surface area contributed by atoms with Gasteiger partial charge in [-0.3, -0.25) is 4.79 Å². The molecule has 0 heterocycles. The van der Waals surface area contributed by atoms with Gasteiger partial charge >= 0.3 is 5.97 Å². The van der Waals surface area contributed by atoms with Crippen LogP contribution in [0.1, 0.15) is 143 Å². The molecule has 0 saturated carbocycles. The van der Waals surface area contributed by atoms with E-state index in [-0.39, 0.29) is 6.10 Å². The molecule has 0 aliphatic heterocycles. The lowest BCUT2D eigenvalue weighted by Gasteiger charge is -2.05. The van der Waals surface area contributed by atoms with Crippen LogP contribution in [-0.4, -0.2) is 17.2 Å². The number of nitrogens with zero attached hydrogens (tertiary/aromatic N) is 1. The van der Waals surface area contributed by atoms with Crippen molar-refractivity contribution in [3.8, 4) is 0 Å². The zero-order valence-corrected chi connectivity index (χ0v) is 20.8. The molecule has 1 unspecified atom stereocenters. The fourth-order valence-electron chi connectivity index (χ4n) is 3.33. The van der Waals surface area contributed by atoms with Gasteiger partial charge in [0.25, 0.3) is 0 Å². The largest absolute Gasteiger partial charge is 0.481 e. The SMILES string of the molecule is CCCCCCC(C)ON=O.CCCCCCCC/C=C\CCCCCCCC(=O)O. The van der Waals surface area contributed by atoms with Gasteiger partial charge in [0.05, 0.1) is 0 Å². The van der Waals surface area contributed by atoms with Gasteiger partial charge in [-0.05, 0) is 51.9 Å². The van der Waals surface area contributed by atoms with Crippen LogP contribution in [0.2, 0.25) is 0 Å². The number of allylic oxidation sites excluding steroid dienone is 2. The zero-order chi connectivity index (χ0) is 23.4. The van der Waals surface area contributed by atoms with E-state index in [9.17, 15) is 9.70 Å². The second-order valence-corrected chi connectivity index (χ2v) is 8.57. The number of carbonyl (C=O) groups is 1. The second-order valence-electron chi connectivity index (χ2n) is 8.57. The highest BCUT2D eigenvalue weighted by molar-refractivity contribution is 5.66. The summed E-state index contributed by atoms with van der Waals surface area (Å²) in [5.74, 6) is -0.664. The lowest BCUT2D eigenvalue weighted by Crippen LogP contribution is -2.02. The Hall–Kier alpha value is -1.39. The van der Waals surface area contributed by atoms with Gasteiger partial charge in [-0.15, -0.1) is 4.91 Å². The molecule has 0 aliphatic rings. The molecule has 184 valence electrons. The van der Waals surface area contributed by atoms with Crippen LogP contribution >= 0.6 is 0 Å². The van der Waals surface area contributed by atoms with Crippen molar-refractivity contribution in [3.63, 3.8) is 0 Å². The number of carboxylic acid groups (broad SMARTS) is 1. The molecule has 0 saturated heterocycles. The topological polar surface area (TPSA) is 76.0 Å². The van der Waals surface area contributed by atoms with Gasteiger partial charge in [-0.25, -0.2) is 0 Å². The molecule has 0 aromatic rings. The normalized spacial score (nSPS) is 11.7. The summed E-state index contributed by atoms with van der Waals surface area (Å²) in [6.45, 7) is 6.30. The molecule has 5 heteroatoms. The fraction of sp³-hybridized carbons (Fsp3) is 0.885. The molecule has 0 fully saturated rings. The molecule has 0 rings (SSSR count). The minimum atomic E-state index is -0.664. The summed E-state index contributed by atoms with van der Waals surface area (Å²) in [6, 6.07) is 0. The first-order valence-electron chi connectivity index (χ1n) is 12.9. The maximum atomic E-state index is 10.3. The van der Waals surface area contributed by atoms with E-state index in [1.807, 2.05) is 6.92 Å². The third-order valence-corrected chi connectivity index (χ3v) is 5.34.